The fourth-order valence-electron chi connectivity index (χ4n) is 3.64. The van der Waals surface area contributed by atoms with Crippen LogP contribution in [0.25, 0.3) is 0 Å². The number of esters is 1. The highest BCUT2D eigenvalue weighted by molar-refractivity contribution is 5.91. The lowest BCUT2D eigenvalue weighted by Crippen LogP contribution is -2.08. The average molecular weight is 517 g/mol. The predicted octanol–water partition coefficient (Wildman–Crippen LogP) is 9.49. The molecule has 38 heavy (non-hydrogen) atoms. The van der Waals surface area contributed by atoms with Crippen molar-refractivity contribution < 1.29 is 19.0 Å². The lowest BCUT2D eigenvalue weighted by Gasteiger charge is -2.08. The monoisotopic (exact) mass is 516 g/mol. The highest BCUT2D eigenvalue weighted by Crippen LogP contribution is 2.24. The van der Waals surface area contributed by atoms with Gasteiger partial charge in [-0.1, -0.05) is 52.9 Å². The quantitative estimate of drug-likeness (QED) is 0.0822. The maximum atomic E-state index is 12.5. The minimum absolute atomic E-state index is 0.419. The Morgan fingerprint density at radius 1 is 0.658 bits per heavy atom. The van der Waals surface area contributed by atoms with Gasteiger partial charge in [0.2, 0.25) is 0 Å². The lowest BCUT2D eigenvalue weighted by atomic mass is 10.1. The molecular formula is C32H40N2O4. The van der Waals surface area contributed by atoms with E-state index in [1.54, 1.807) is 36.4 Å². The number of azo groups is 1. The number of carbonyl (C=O) groups excluding carboxylic acids is 1. The zero-order valence-electron chi connectivity index (χ0n) is 22.9. The summed E-state index contributed by atoms with van der Waals surface area (Å²) in [5, 5.41) is 8.52. The molecule has 0 atom stereocenters. The number of benzene rings is 3. The van der Waals surface area contributed by atoms with Crippen LogP contribution in [0.4, 0.5) is 11.4 Å². The predicted molar refractivity (Wildman–Crippen MR) is 152 cm³/mol. The molecule has 0 unspecified atom stereocenters. The second-order valence-electron chi connectivity index (χ2n) is 9.75. The van der Waals surface area contributed by atoms with Crippen molar-refractivity contribution >= 4 is 17.3 Å². The molecule has 3 rings (SSSR count). The van der Waals surface area contributed by atoms with Crippen LogP contribution in [0.2, 0.25) is 0 Å². The molecule has 0 bridgehead atoms. The van der Waals surface area contributed by atoms with E-state index >= 15 is 0 Å². The summed E-state index contributed by atoms with van der Waals surface area (Å²) in [6, 6.07) is 21.5. The molecule has 0 heterocycles. The summed E-state index contributed by atoms with van der Waals surface area (Å²) in [5.74, 6) is 2.23. The lowest BCUT2D eigenvalue weighted by molar-refractivity contribution is 0.0734. The van der Waals surface area contributed by atoms with Gasteiger partial charge in [-0.25, -0.2) is 4.79 Å². The van der Waals surface area contributed by atoms with Crippen LogP contribution in [0.1, 0.15) is 76.1 Å². The van der Waals surface area contributed by atoms with Gasteiger partial charge in [0.05, 0.1) is 30.2 Å². The molecule has 0 aliphatic rings. The summed E-state index contributed by atoms with van der Waals surface area (Å²) >= 11 is 0. The van der Waals surface area contributed by atoms with Crippen LogP contribution in [0.3, 0.4) is 0 Å². The molecule has 0 aromatic heterocycles. The second kappa shape index (κ2) is 16.2. The van der Waals surface area contributed by atoms with Crippen molar-refractivity contribution in [3.05, 3.63) is 78.4 Å². The first-order valence-corrected chi connectivity index (χ1v) is 13.7. The normalized spacial score (nSPS) is 11.2. The average Bonchev–Trinajstić information content (AvgIpc) is 2.93. The minimum atomic E-state index is -0.419. The van der Waals surface area contributed by atoms with Gasteiger partial charge < -0.3 is 14.2 Å². The van der Waals surface area contributed by atoms with Crippen LogP contribution in [0.5, 0.6) is 17.2 Å². The Hall–Kier alpha value is -3.67. The molecule has 3 aromatic carbocycles. The van der Waals surface area contributed by atoms with Crippen LogP contribution in [-0.2, 0) is 0 Å². The molecule has 202 valence electrons. The highest BCUT2D eigenvalue weighted by Gasteiger charge is 2.09. The molecule has 0 amide bonds. The summed E-state index contributed by atoms with van der Waals surface area (Å²) in [7, 11) is 0. The fourth-order valence-corrected chi connectivity index (χ4v) is 3.64. The SMILES string of the molecule is CCCCCCCCOc1ccc(C(=O)Oc2ccc(N=Nc3ccc(OCCC(C)C)cc3)cc2)cc1. The number of carbonyl (C=O) groups is 1. The van der Waals surface area contributed by atoms with Gasteiger partial charge in [-0.05, 0) is 91.6 Å². The van der Waals surface area contributed by atoms with E-state index in [2.05, 4.69) is 31.0 Å². The van der Waals surface area contributed by atoms with E-state index in [-0.39, 0.29) is 0 Å². The smallest absolute Gasteiger partial charge is 0.343 e. The molecule has 3 aromatic rings. The Morgan fingerprint density at radius 3 is 1.74 bits per heavy atom. The second-order valence-corrected chi connectivity index (χ2v) is 9.75. The zero-order chi connectivity index (χ0) is 27.0. The Morgan fingerprint density at radius 2 is 1.16 bits per heavy atom. The van der Waals surface area contributed by atoms with E-state index in [4.69, 9.17) is 14.2 Å². The van der Waals surface area contributed by atoms with Crippen LogP contribution in [0.15, 0.2) is 83.0 Å². The van der Waals surface area contributed by atoms with Gasteiger partial charge in [-0.3, -0.25) is 0 Å². The van der Waals surface area contributed by atoms with Gasteiger partial charge in [0.15, 0.2) is 0 Å². The molecule has 0 N–H and O–H groups in total. The minimum Gasteiger partial charge on any atom is -0.494 e. The van der Waals surface area contributed by atoms with Crippen LogP contribution < -0.4 is 14.2 Å². The van der Waals surface area contributed by atoms with Gasteiger partial charge in [0.1, 0.15) is 17.2 Å². The van der Waals surface area contributed by atoms with Crippen molar-refractivity contribution in [3.8, 4) is 17.2 Å². The van der Waals surface area contributed by atoms with Gasteiger partial charge in [-0.15, -0.1) is 0 Å². The molecule has 0 fully saturated rings. The molecule has 0 saturated carbocycles. The zero-order valence-corrected chi connectivity index (χ0v) is 22.9. The number of hydrogen-bond donors (Lipinski definition) is 0. The van der Waals surface area contributed by atoms with E-state index in [9.17, 15) is 4.79 Å². The van der Waals surface area contributed by atoms with Crippen LogP contribution in [-0.4, -0.2) is 19.2 Å². The first-order valence-electron chi connectivity index (χ1n) is 13.7. The van der Waals surface area contributed by atoms with Crippen molar-refractivity contribution in [3.63, 3.8) is 0 Å². The number of nitrogens with zero attached hydrogens (tertiary/aromatic N) is 2. The number of hydrogen-bond acceptors (Lipinski definition) is 6. The summed E-state index contributed by atoms with van der Waals surface area (Å²) in [5.41, 5.74) is 1.86. The van der Waals surface area contributed by atoms with Gasteiger partial charge in [-0.2, -0.15) is 10.2 Å². The van der Waals surface area contributed by atoms with Gasteiger partial charge in [0.25, 0.3) is 0 Å². The topological polar surface area (TPSA) is 69.5 Å². The van der Waals surface area contributed by atoms with E-state index in [1.165, 1.54) is 32.1 Å². The molecule has 6 nitrogen and oxygen atoms in total. The Bertz CT molecular complexity index is 1110. The summed E-state index contributed by atoms with van der Waals surface area (Å²) in [6.07, 6.45) is 8.37. The molecule has 0 radical (unpaired) electrons. The molecule has 0 spiro atoms. The highest BCUT2D eigenvalue weighted by atomic mass is 16.5. The van der Waals surface area contributed by atoms with Gasteiger partial charge >= 0.3 is 5.97 Å². The van der Waals surface area contributed by atoms with Crippen molar-refractivity contribution in [2.45, 2.75) is 65.7 Å². The van der Waals surface area contributed by atoms with Crippen LogP contribution >= 0.6 is 0 Å². The number of ether oxygens (including phenoxy) is 3. The first kappa shape index (κ1) is 28.9. The van der Waals surface area contributed by atoms with E-state index in [0.717, 1.165) is 30.0 Å². The first-order chi connectivity index (χ1) is 18.5. The Balaban J connectivity index is 1.42. The van der Waals surface area contributed by atoms with Crippen molar-refractivity contribution in [1.82, 2.24) is 0 Å². The molecule has 0 saturated heterocycles. The largest absolute Gasteiger partial charge is 0.494 e. The van der Waals surface area contributed by atoms with Gasteiger partial charge in [0, 0.05) is 0 Å². The standard InChI is InChI=1S/C32H40N2O4/c1-4-5-6-7-8-9-23-36-29-16-10-26(11-17-29)32(35)38-31-20-14-28(15-21-31)34-33-27-12-18-30(19-13-27)37-24-22-25(2)3/h10-21,25H,4-9,22-24H2,1-3H3. The van der Waals surface area contributed by atoms with Crippen molar-refractivity contribution in [1.29, 1.82) is 0 Å². The summed E-state index contributed by atoms with van der Waals surface area (Å²) < 4.78 is 17.0. The third-order valence-corrected chi connectivity index (χ3v) is 5.99. The molecule has 0 aliphatic heterocycles. The fraction of sp³-hybridized carbons (Fsp3) is 0.406. The van der Waals surface area contributed by atoms with E-state index in [1.807, 2.05) is 36.4 Å². The van der Waals surface area contributed by atoms with Crippen LogP contribution in [0, 0.1) is 5.92 Å². The van der Waals surface area contributed by atoms with E-state index in [0.29, 0.717) is 36.1 Å². The summed E-state index contributed by atoms with van der Waals surface area (Å²) in [4.78, 5) is 12.5. The van der Waals surface area contributed by atoms with Crippen molar-refractivity contribution in [2.75, 3.05) is 13.2 Å². The Kier molecular flexibility index (Phi) is 12.3. The maximum absolute atomic E-state index is 12.5. The summed E-state index contributed by atoms with van der Waals surface area (Å²) in [6.45, 7) is 7.97. The maximum Gasteiger partial charge on any atom is 0.343 e. The Labute approximate surface area is 227 Å². The third-order valence-electron chi connectivity index (χ3n) is 5.99. The third kappa shape index (κ3) is 10.8. The van der Waals surface area contributed by atoms with Crippen molar-refractivity contribution in [2.24, 2.45) is 16.1 Å². The number of rotatable bonds is 16. The van der Waals surface area contributed by atoms with E-state index < -0.39 is 5.97 Å². The number of unbranched alkanes of at least 4 members (excludes halogenated alkanes) is 5. The molecular weight excluding hydrogens is 476 g/mol. The molecule has 6 heteroatoms. The molecule has 0 aliphatic carbocycles.